The first-order chi connectivity index (χ1) is 18.9. The summed E-state index contributed by atoms with van der Waals surface area (Å²) in [5.41, 5.74) is 0. The second-order valence-electron chi connectivity index (χ2n) is 8.24. The summed E-state index contributed by atoms with van der Waals surface area (Å²) in [5, 5.41) is 6.48. The fourth-order valence-corrected chi connectivity index (χ4v) is 3.46. The summed E-state index contributed by atoms with van der Waals surface area (Å²) in [7, 11) is 0. The minimum atomic E-state index is 0.525. The third kappa shape index (κ3) is 13.3. The van der Waals surface area contributed by atoms with E-state index in [1.165, 1.54) is 0 Å². The molecule has 2 aromatic rings. The molecule has 0 amide bonds. The maximum atomic E-state index is 5.65. The van der Waals surface area contributed by atoms with Gasteiger partial charge in [0.05, 0.1) is 52.9 Å². The Labute approximate surface area is 225 Å². The number of ether oxygens (including phenoxy) is 8. The highest BCUT2D eigenvalue weighted by molar-refractivity contribution is 5.40. The average Bonchev–Trinajstić information content (AvgIpc) is 2.96. The van der Waals surface area contributed by atoms with Crippen molar-refractivity contribution in [1.82, 2.24) is 10.6 Å². The van der Waals surface area contributed by atoms with E-state index in [0.29, 0.717) is 79.3 Å². The van der Waals surface area contributed by atoms with Gasteiger partial charge in [-0.25, -0.2) is 0 Å². The van der Waals surface area contributed by atoms with Crippen LogP contribution < -0.4 is 29.6 Å². The van der Waals surface area contributed by atoms with Crippen LogP contribution in [0.3, 0.4) is 0 Å². The number of fused-ring (bicyclic) bond motifs is 2. The first-order valence-corrected chi connectivity index (χ1v) is 13.3. The molecule has 0 spiro atoms. The predicted octanol–water partition coefficient (Wildman–Crippen LogP) is 2.16. The Morgan fingerprint density at radius 1 is 0.342 bits per heavy atom. The van der Waals surface area contributed by atoms with Gasteiger partial charge in [0.2, 0.25) is 0 Å². The van der Waals surface area contributed by atoms with Crippen LogP contribution in [-0.2, 0) is 18.9 Å². The summed E-state index contributed by atoms with van der Waals surface area (Å²) >= 11 is 0. The molecule has 10 heteroatoms. The minimum Gasteiger partial charge on any atom is -0.487 e. The van der Waals surface area contributed by atoms with Crippen LogP contribution in [0.2, 0.25) is 0 Å². The molecule has 0 radical (unpaired) electrons. The molecule has 0 fully saturated rings. The van der Waals surface area contributed by atoms with Gasteiger partial charge < -0.3 is 48.5 Å². The maximum Gasteiger partial charge on any atom is 0.161 e. The molecule has 2 aromatic carbocycles. The van der Waals surface area contributed by atoms with E-state index in [4.69, 9.17) is 37.9 Å². The zero-order valence-electron chi connectivity index (χ0n) is 22.2. The zero-order chi connectivity index (χ0) is 26.4. The van der Waals surface area contributed by atoms with E-state index in [9.17, 15) is 0 Å². The molecular weight excluding hydrogens is 492 g/mol. The summed E-state index contributed by atoms with van der Waals surface area (Å²) in [4.78, 5) is 0. The van der Waals surface area contributed by atoms with Crippen molar-refractivity contribution in [2.75, 3.05) is 105 Å². The third-order valence-corrected chi connectivity index (χ3v) is 5.33. The monoisotopic (exact) mass is 534 g/mol. The van der Waals surface area contributed by atoms with Gasteiger partial charge in [-0.15, -0.1) is 0 Å². The molecule has 2 heterocycles. The fraction of sp³-hybridized carbons (Fsp3) is 0.571. The quantitative estimate of drug-likeness (QED) is 0.523. The predicted molar refractivity (Wildman–Crippen MR) is 144 cm³/mol. The molecule has 4 rings (SSSR count). The van der Waals surface area contributed by atoms with Crippen LogP contribution in [0, 0.1) is 0 Å². The molecule has 212 valence electrons. The Kier molecular flexibility index (Phi) is 16.1. The highest BCUT2D eigenvalue weighted by atomic mass is 16.6. The molecule has 0 unspecified atom stereocenters. The Morgan fingerprint density at radius 2 is 0.605 bits per heavy atom. The van der Waals surface area contributed by atoms with Gasteiger partial charge in [-0.2, -0.15) is 0 Å². The van der Waals surface area contributed by atoms with Crippen LogP contribution in [0.4, 0.5) is 0 Å². The second-order valence-corrected chi connectivity index (χ2v) is 8.24. The molecule has 38 heavy (non-hydrogen) atoms. The molecule has 0 aromatic heterocycles. The SMILES string of the molecule is c1ccc2c(c1)OCCOCCNCCOCCO2.c1ccc2c(c1)OCCOCCNCCOCCO2. The van der Waals surface area contributed by atoms with Gasteiger partial charge in [0.15, 0.2) is 23.0 Å². The van der Waals surface area contributed by atoms with Crippen molar-refractivity contribution in [3.05, 3.63) is 48.5 Å². The topological polar surface area (TPSA) is 97.9 Å². The van der Waals surface area contributed by atoms with Gasteiger partial charge >= 0.3 is 0 Å². The molecule has 2 aliphatic heterocycles. The summed E-state index contributed by atoms with van der Waals surface area (Å²) in [6.45, 7) is 10.4. The van der Waals surface area contributed by atoms with Crippen LogP contribution in [0.5, 0.6) is 23.0 Å². The number of hydrogen-bond acceptors (Lipinski definition) is 10. The van der Waals surface area contributed by atoms with Gasteiger partial charge in [-0.05, 0) is 24.3 Å². The lowest BCUT2D eigenvalue weighted by atomic mass is 10.3. The Bertz CT molecular complexity index is 722. The highest BCUT2D eigenvalue weighted by Gasteiger charge is 2.06. The van der Waals surface area contributed by atoms with Crippen molar-refractivity contribution in [2.45, 2.75) is 0 Å². The third-order valence-electron chi connectivity index (χ3n) is 5.33. The Morgan fingerprint density at radius 3 is 0.868 bits per heavy atom. The first kappa shape index (κ1) is 29.9. The molecule has 0 bridgehead atoms. The lowest BCUT2D eigenvalue weighted by Crippen LogP contribution is -2.25. The highest BCUT2D eigenvalue weighted by Crippen LogP contribution is 2.27. The van der Waals surface area contributed by atoms with Gasteiger partial charge in [0.25, 0.3) is 0 Å². The van der Waals surface area contributed by atoms with Crippen LogP contribution in [0.25, 0.3) is 0 Å². The van der Waals surface area contributed by atoms with Crippen molar-refractivity contribution >= 4 is 0 Å². The standard InChI is InChI=1S/2C14H21NO4/c2*1-2-4-14-13(3-1)18-11-9-16-7-5-15-6-8-17-10-12-19-14/h2*1-4,15H,5-12H2. The summed E-state index contributed by atoms with van der Waals surface area (Å²) in [6, 6.07) is 15.3. The van der Waals surface area contributed by atoms with E-state index in [2.05, 4.69) is 10.6 Å². The van der Waals surface area contributed by atoms with Gasteiger partial charge in [0, 0.05) is 26.2 Å². The summed E-state index contributed by atoms with van der Waals surface area (Å²) in [5.74, 6) is 3.00. The van der Waals surface area contributed by atoms with Crippen LogP contribution >= 0.6 is 0 Å². The van der Waals surface area contributed by atoms with Gasteiger partial charge in [0.1, 0.15) is 26.4 Å². The number of nitrogens with one attached hydrogen (secondary N) is 2. The Hall–Kier alpha value is -2.60. The molecule has 0 atom stereocenters. The van der Waals surface area contributed by atoms with E-state index in [-0.39, 0.29) is 0 Å². The fourth-order valence-electron chi connectivity index (χ4n) is 3.46. The smallest absolute Gasteiger partial charge is 0.161 e. The number of rotatable bonds is 0. The molecule has 0 aliphatic carbocycles. The number of benzene rings is 2. The average molecular weight is 535 g/mol. The normalized spacial score (nSPS) is 19.2. The van der Waals surface area contributed by atoms with Crippen molar-refractivity contribution in [3.63, 3.8) is 0 Å². The van der Waals surface area contributed by atoms with E-state index in [0.717, 1.165) is 49.2 Å². The van der Waals surface area contributed by atoms with Crippen LogP contribution in [0.15, 0.2) is 48.5 Å². The van der Waals surface area contributed by atoms with Crippen molar-refractivity contribution in [3.8, 4) is 23.0 Å². The maximum absolute atomic E-state index is 5.65. The van der Waals surface area contributed by atoms with E-state index in [1.54, 1.807) is 0 Å². The van der Waals surface area contributed by atoms with Gasteiger partial charge in [-0.3, -0.25) is 0 Å². The Balaban J connectivity index is 0.000000211. The van der Waals surface area contributed by atoms with Gasteiger partial charge in [-0.1, -0.05) is 24.3 Å². The summed E-state index contributed by atoms with van der Waals surface area (Å²) < 4.78 is 44.4. The molecule has 10 nitrogen and oxygen atoms in total. The largest absolute Gasteiger partial charge is 0.487 e. The molecule has 0 saturated carbocycles. The molecule has 2 N–H and O–H groups in total. The molecule has 2 aliphatic rings. The van der Waals surface area contributed by atoms with Crippen molar-refractivity contribution in [1.29, 1.82) is 0 Å². The van der Waals surface area contributed by atoms with E-state index < -0.39 is 0 Å². The molecule has 0 saturated heterocycles. The zero-order valence-corrected chi connectivity index (χ0v) is 22.2. The number of para-hydroxylation sites is 4. The lowest BCUT2D eigenvalue weighted by Gasteiger charge is -2.12. The lowest BCUT2D eigenvalue weighted by molar-refractivity contribution is 0.0974. The van der Waals surface area contributed by atoms with Crippen molar-refractivity contribution in [2.24, 2.45) is 0 Å². The first-order valence-electron chi connectivity index (χ1n) is 13.3. The van der Waals surface area contributed by atoms with E-state index >= 15 is 0 Å². The van der Waals surface area contributed by atoms with E-state index in [1.807, 2.05) is 48.5 Å². The van der Waals surface area contributed by atoms with Crippen LogP contribution in [-0.4, -0.2) is 105 Å². The minimum absolute atomic E-state index is 0.525. The molecular formula is C28H42N2O8. The van der Waals surface area contributed by atoms with Crippen molar-refractivity contribution < 1.29 is 37.9 Å². The summed E-state index contributed by atoms with van der Waals surface area (Å²) in [6.07, 6.45) is 0. The number of hydrogen-bond donors (Lipinski definition) is 2. The van der Waals surface area contributed by atoms with Crippen LogP contribution in [0.1, 0.15) is 0 Å². The second kappa shape index (κ2) is 20.4.